The lowest BCUT2D eigenvalue weighted by molar-refractivity contribution is -0.385. The van der Waals surface area contributed by atoms with Gasteiger partial charge in [0.2, 0.25) is 5.75 Å². The molecule has 0 amide bonds. The van der Waals surface area contributed by atoms with Gasteiger partial charge in [0.25, 0.3) is 0 Å². The van der Waals surface area contributed by atoms with Gasteiger partial charge in [0, 0.05) is 17.7 Å². The quantitative estimate of drug-likeness (QED) is 0.427. The Hall–Kier alpha value is -3.86. The molecular formula is C18H14N4O4. The lowest BCUT2D eigenvalue weighted by Gasteiger charge is -2.08. The van der Waals surface area contributed by atoms with E-state index < -0.39 is 4.92 Å². The summed E-state index contributed by atoms with van der Waals surface area (Å²) in [4.78, 5) is 18.1. The number of para-hydroxylation sites is 2. The molecule has 0 saturated heterocycles. The van der Waals surface area contributed by atoms with E-state index in [0.29, 0.717) is 17.1 Å². The van der Waals surface area contributed by atoms with Crippen molar-refractivity contribution in [2.45, 2.75) is 0 Å². The monoisotopic (exact) mass is 350 g/mol. The van der Waals surface area contributed by atoms with Crippen molar-refractivity contribution in [2.24, 2.45) is 0 Å². The molecule has 0 saturated carbocycles. The first-order valence-electron chi connectivity index (χ1n) is 7.54. The number of fused-ring (bicyclic) bond motifs is 1. The highest BCUT2D eigenvalue weighted by atomic mass is 16.6. The second kappa shape index (κ2) is 6.94. The fraction of sp³-hybridized carbons (Fsp3) is 0.111. The Labute approximate surface area is 148 Å². The maximum atomic E-state index is 11.3. The van der Waals surface area contributed by atoms with Gasteiger partial charge in [-0.3, -0.25) is 10.1 Å². The number of aromatic nitrogens is 2. The summed E-state index contributed by atoms with van der Waals surface area (Å²) in [5.41, 5.74) is 1.88. The standard InChI is InChI=1S/C18H14N4O4/c1-25-16-9-17(26-2)15(22(23)24)8-11(16)7-12(10-19)18-20-13-5-3-4-6-14(13)21-18/h3-9H,1-2H3,(H,20,21)/b12-7+. The Kier molecular flexibility index (Phi) is 4.53. The van der Waals surface area contributed by atoms with E-state index in [-0.39, 0.29) is 17.0 Å². The zero-order valence-corrected chi connectivity index (χ0v) is 14.0. The molecule has 8 heteroatoms. The van der Waals surface area contributed by atoms with Crippen molar-refractivity contribution in [1.82, 2.24) is 9.97 Å². The van der Waals surface area contributed by atoms with Crippen LogP contribution in [0.4, 0.5) is 5.69 Å². The number of nitro benzene ring substituents is 1. The van der Waals surface area contributed by atoms with Crippen LogP contribution in [0.15, 0.2) is 36.4 Å². The van der Waals surface area contributed by atoms with Crippen LogP contribution >= 0.6 is 0 Å². The normalized spacial score (nSPS) is 11.2. The lowest BCUT2D eigenvalue weighted by Crippen LogP contribution is -1.97. The SMILES string of the molecule is COc1cc(OC)c([N+](=O)[O-])cc1/C=C(\C#N)c1nc2ccccc2[nH]1. The zero-order valence-electron chi connectivity index (χ0n) is 14.0. The molecule has 0 fully saturated rings. The molecule has 3 aromatic rings. The molecular weight excluding hydrogens is 336 g/mol. The van der Waals surface area contributed by atoms with Gasteiger partial charge in [-0.15, -0.1) is 0 Å². The number of nitrogens with one attached hydrogen (secondary N) is 1. The van der Waals surface area contributed by atoms with Gasteiger partial charge in [-0.25, -0.2) is 4.98 Å². The first-order chi connectivity index (χ1) is 12.6. The third-order valence-electron chi connectivity index (χ3n) is 3.79. The molecule has 26 heavy (non-hydrogen) atoms. The number of aromatic amines is 1. The second-order valence-corrected chi connectivity index (χ2v) is 5.30. The zero-order chi connectivity index (χ0) is 18.7. The molecule has 0 aliphatic carbocycles. The lowest BCUT2D eigenvalue weighted by atomic mass is 10.1. The number of methoxy groups -OCH3 is 2. The Morgan fingerprint density at radius 3 is 2.62 bits per heavy atom. The Balaban J connectivity index is 2.15. The summed E-state index contributed by atoms with van der Waals surface area (Å²) in [5, 5.41) is 20.8. The molecule has 0 atom stereocenters. The molecule has 2 aromatic carbocycles. The number of nitriles is 1. The average Bonchev–Trinajstić information content (AvgIpc) is 3.09. The van der Waals surface area contributed by atoms with Gasteiger partial charge < -0.3 is 14.5 Å². The van der Waals surface area contributed by atoms with Crippen molar-refractivity contribution in [3.8, 4) is 17.6 Å². The predicted octanol–water partition coefficient (Wildman–Crippen LogP) is 3.55. The van der Waals surface area contributed by atoms with Crippen LogP contribution in [0.3, 0.4) is 0 Å². The van der Waals surface area contributed by atoms with Crippen molar-refractivity contribution >= 4 is 28.4 Å². The molecule has 3 rings (SSSR count). The first-order valence-corrected chi connectivity index (χ1v) is 7.54. The predicted molar refractivity (Wildman–Crippen MR) is 95.8 cm³/mol. The fourth-order valence-electron chi connectivity index (χ4n) is 2.55. The molecule has 0 unspecified atom stereocenters. The number of nitrogens with zero attached hydrogens (tertiary/aromatic N) is 3. The molecule has 0 bridgehead atoms. The Morgan fingerprint density at radius 1 is 1.27 bits per heavy atom. The largest absolute Gasteiger partial charge is 0.496 e. The molecule has 0 spiro atoms. The molecule has 0 radical (unpaired) electrons. The minimum atomic E-state index is -0.553. The summed E-state index contributed by atoms with van der Waals surface area (Å²) in [6.45, 7) is 0. The van der Waals surface area contributed by atoms with Gasteiger partial charge in [0.05, 0.1) is 35.7 Å². The third-order valence-corrected chi connectivity index (χ3v) is 3.79. The molecule has 130 valence electrons. The van der Waals surface area contributed by atoms with E-state index in [1.807, 2.05) is 24.3 Å². The molecule has 8 nitrogen and oxygen atoms in total. The number of nitro groups is 1. The van der Waals surface area contributed by atoms with E-state index in [9.17, 15) is 15.4 Å². The van der Waals surface area contributed by atoms with E-state index in [4.69, 9.17) is 9.47 Å². The maximum Gasteiger partial charge on any atom is 0.311 e. The van der Waals surface area contributed by atoms with Gasteiger partial charge in [0.15, 0.2) is 0 Å². The van der Waals surface area contributed by atoms with Crippen molar-refractivity contribution in [2.75, 3.05) is 14.2 Å². The van der Waals surface area contributed by atoms with Crippen molar-refractivity contribution in [3.05, 3.63) is 57.9 Å². The molecule has 1 aromatic heterocycles. The summed E-state index contributed by atoms with van der Waals surface area (Å²) in [7, 11) is 2.78. The van der Waals surface area contributed by atoms with Crippen molar-refractivity contribution < 1.29 is 14.4 Å². The van der Waals surface area contributed by atoms with E-state index in [1.165, 1.54) is 32.4 Å². The Bertz CT molecular complexity index is 1030. The fourth-order valence-corrected chi connectivity index (χ4v) is 2.55. The smallest absolute Gasteiger partial charge is 0.311 e. The number of allylic oxidation sites excluding steroid dienone is 1. The number of hydrogen-bond donors (Lipinski definition) is 1. The van der Waals surface area contributed by atoms with Crippen LogP contribution in [-0.4, -0.2) is 29.1 Å². The van der Waals surface area contributed by atoms with Gasteiger partial charge >= 0.3 is 5.69 Å². The van der Waals surface area contributed by atoms with Gasteiger partial charge in [-0.05, 0) is 18.2 Å². The van der Waals surface area contributed by atoms with Gasteiger partial charge in [0.1, 0.15) is 17.6 Å². The number of imidazole rings is 1. The van der Waals surface area contributed by atoms with Crippen LogP contribution in [0.5, 0.6) is 11.5 Å². The molecule has 0 aliphatic rings. The number of benzene rings is 2. The van der Waals surface area contributed by atoms with Crippen LogP contribution in [0, 0.1) is 21.4 Å². The summed E-state index contributed by atoms with van der Waals surface area (Å²) >= 11 is 0. The van der Waals surface area contributed by atoms with E-state index in [1.54, 1.807) is 0 Å². The van der Waals surface area contributed by atoms with E-state index in [2.05, 4.69) is 16.0 Å². The van der Waals surface area contributed by atoms with Gasteiger partial charge in [-0.1, -0.05) is 12.1 Å². The number of H-pyrrole nitrogens is 1. The summed E-state index contributed by atoms with van der Waals surface area (Å²) in [6.07, 6.45) is 1.49. The minimum Gasteiger partial charge on any atom is -0.496 e. The molecule has 0 aliphatic heterocycles. The van der Waals surface area contributed by atoms with Gasteiger partial charge in [-0.2, -0.15) is 5.26 Å². The number of ether oxygens (including phenoxy) is 2. The molecule has 1 N–H and O–H groups in total. The van der Waals surface area contributed by atoms with Crippen molar-refractivity contribution in [3.63, 3.8) is 0 Å². The summed E-state index contributed by atoms with van der Waals surface area (Å²) in [5.74, 6) is 0.789. The Morgan fingerprint density at radius 2 is 2.00 bits per heavy atom. The van der Waals surface area contributed by atoms with Crippen LogP contribution in [0.1, 0.15) is 11.4 Å². The number of hydrogen-bond acceptors (Lipinski definition) is 6. The van der Waals surface area contributed by atoms with Crippen LogP contribution < -0.4 is 9.47 Å². The van der Waals surface area contributed by atoms with E-state index in [0.717, 1.165) is 11.0 Å². The van der Waals surface area contributed by atoms with E-state index >= 15 is 0 Å². The minimum absolute atomic E-state index is 0.0752. The second-order valence-electron chi connectivity index (χ2n) is 5.30. The summed E-state index contributed by atoms with van der Waals surface area (Å²) in [6, 6.07) is 12.2. The van der Waals surface area contributed by atoms with Crippen LogP contribution in [0.2, 0.25) is 0 Å². The third kappa shape index (κ3) is 3.06. The highest BCUT2D eigenvalue weighted by Gasteiger charge is 2.19. The van der Waals surface area contributed by atoms with Crippen LogP contribution in [-0.2, 0) is 0 Å². The van der Waals surface area contributed by atoms with Crippen molar-refractivity contribution in [1.29, 1.82) is 5.26 Å². The summed E-state index contributed by atoms with van der Waals surface area (Å²) < 4.78 is 10.3. The topological polar surface area (TPSA) is 114 Å². The number of rotatable bonds is 5. The average molecular weight is 350 g/mol. The first kappa shape index (κ1) is 17.0. The highest BCUT2D eigenvalue weighted by Crippen LogP contribution is 2.36. The maximum absolute atomic E-state index is 11.3. The van der Waals surface area contributed by atoms with Crippen LogP contribution in [0.25, 0.3) is 22.7 Å². The highest BCUT2D eigenvalue weighted by molar-refractivity contribution is 5.91. The molecule has 1 heterocycles.